The van der Waals surface area contributed by atoms with E-state index in [9.17, 15) is 9.18 Å². The molecule has 2 aromatic rings. The number of nitrogens with zero attached hydrogens (tertiary/aromatic N) is 3. The Bertz CT molecular complexity index is 874. The van der Waals surface area contributed by atoms with Gasteiger partial charge in [-0.05, 0) is 62.3 Å². The number of amides is 1. The lowest BCUT2D eigenvalue weighted by Crippen LogP contribution is -2.32. The SMILES string of the molecule is CC(C)c1ccc(OCC(=O)N(C)c2ccc(N3CCC(N(C)C)C3)c(F)c2)cc1.[HH]. The van der Waals surface area contributed by atoms with Gasteiger partial charge in [-0.25, -0.2) is 4.39 Å². The average Bonchev–Trinajstić information content (AvgIpc) is 3.22. The van der Waals surface area contributed by atoms with Crippen molar-refractivity contribution in [1.82, 2.24) is 4.90 Å². The van der Waals surface area contributed by atoms with Crippen LogP contribution in [0.3, 0.4) is 0 Å². The van der Waals surface area contributed by atoms with Crippen molar-refractivity contribution in [1.29, 1.82) is 0 Å². The Hall–Kier alpha value is -2.60. The highest BCUT2D eigenvalue weighted by atomic mass is 19.1. The summed E-state index contributed by atoms with van der Waals surface area (Å²) in [7, 11) is 5.74. The summed E-state index contributed by atoms with van der Waals surface area (Å²) < 4.78 is 20.4. The predicted octanol–water partition coefficient (Wildman–Crippen LogP) is 4.38. The number of halogens is 1. The van der Waals surface area contributed by atoms with E-state index >= 15 is 0 Å². The second kappa shape index (κ2) is 9.47. The molecule has 2 aromatic carbocycles. The molecule has 30 heavy (non-hydrogen) atoms. The fourth-order valence-corrected chi connectivity index (χ4v) is 3.68. The first kappa shape index (κ1) is 22.1. The van der Waals surface area contributed by atoms with Crippen molar-refractivity contribution in [3.63, 3.8) is 0 Å². The molecule has 0 aromatic heterocycles. The second-order valence-electron chi connectivity index (χ2n) is 8.45. The lowest BCUT2D eigenvalue weighted by molar-refractivity contribution is -0.120. The van der Waals surface area contributed by atoms with Gasteiger partial charge in [-0.3, -0.25) is 4.79 Å². The topological polar surface area (TPSA) is 36.0 Å². The molecule has 1 amide bonds. The molecule has 164 valence electrons. The highest BCUT2D eigenvalue weighted by Gasteiger charge is 2.26. The van der Waals surface area contributed by atoms with E-state index in [1.807, 2.05) is 24.3 Å². The minimum atomic E-state index is -0.309. The van der Waals surface area contributed by atoms with E-state index in [1.165, 1.54) is 16.5 Å². The number of carbonyl (C=O) groups is 1. The van der Waals surface area contributed by atoms with Crippen LogP contribution in [-0.2, 0) is 4.79 Å². The summed E-state index contributed by atoms with van der Waals surface area (Å²) in [4.78, 5) is 18.2. The van der Waals surface area contributed by atoms with Gasteiger partial charge < -0.3 is 19.4 Å². The summed E-state index contributed by atoms with van der Waals surface area (Å²) in [6, 6.07) is 13.1. The lowest BCUT2D eigenvalue weighted by atomic mass is 10.0. The Morgan fingerprint density at radius 3 is 2.47 bits per heavy atom. The maximum absolute atomic E-state index is 14.8. The molecule has 0 aliphatic carbocycles. The molecule has 1 atom stereocenters. The van der Waals surface area contributed by atoms with Crippen molar-refractivity contribution >= 4 is 17.3 Å². The number of ether oxygens (including phenoxy) is 1. The Balaban J connectivity index is 0.00000341. The molecule has 0 N–H and O–H groups in total. The second-order valence-corrected chi connectivity index (χ2v) is 8.45. The van der Waals surface area contributed by atoms with E-state index in [0.29, 0.717) is 29.1 Å². The molecule has 1 fully saturated rings. The summed E-state index contributed by atoms with van der Waals surface area (Å²) in [5, 5.41) is 0. The summed E-state index contributed by atoms with van der Waals surface area (Å²) in [5.74, 6) is 0.548. The van der Waals surface area contributed by atoms with Crippen LogP contribution in [0.1, 0.15) is 33.2 Å². The third-order valence-corrected chi connectivity index (χ3v) is 5.84. The zero-order valence-electron chi connectivity index (χ0n) is 18.6. The normalized spacial score (nSPS) is 16.4. The molecule has 1 aliphatic rings. The van der Waals surface area contributed by atoms with Crippen molar-refractivity contribution < 1.29 is 15.3 Å². The first-order chi connectivity index (χ1) is 14.3. The maximum Gasteiger partial charge on any atom is 0.264 e. The lowest BCUT2D eigenvalue weighted by Gasteiger charge is -2.23. The monoisotopic (exact) mass is 415 g/mol. The van der Waals surface area contributed by atoms with E-state index < -0.39 is 0 Å². The number of carbonyl (C=O) groups excluding carboxylic acids is 1. The fourth-order valence-electron chi connectivity index (χ4n) is 3.68. The molecule has 1 aliphatic heterocycles. The van der Waals surface area contributed by atoms with Crippen LogP contribution in [-0.4, -0.2) is 57.7 Å². The number of likely N-dealkylation sites (N-methyl/N-ethyl adjacent to an activating group) is 2. The van der Waals surface area contributed by atoms with Crippen LogP contribution in [0, 0.1) is 5.82 Å². The Morgan fingerprint density at radius 2 is 1.90 bits per heavy atom. The molecule has 6 heteroatoms. The molecule has 1 saturated heterocycles. The largest absolute Gasteiger partial charge is 0.484 e. The number of hydrogen-bond donors (Lipinski definition) is 0. The van der Waals surface area contributed by atoms with Crippen LogP contribution >= 0.6 is 0 Å². The van der Waals surface area contributed by atoms with Gasteiger partial charge in [0.2, 0.25) is 0 Å². The van der Waals surface area contributed by atoms with Gasteiger partial charge in [0.15, 0.2) is 6.61 Å². The Morgan fingerprint density at radius 1 is 1.20 bits per heavy atom. The predicted molar refractivity (Wildman–Crippen MR) is 122 cm³/mol. The van der Waals surface area contributed by atoms with E-state index in [4.69, 9.17) is 4.74 Å². The molecule has 0 bridgehead atoms. The Kier molecular flexibility index (Phi) is 6.98. The van der Waals surface area contributed by atoms with Gasteiger partial charge in [0, 0.05) is 33.3 Å². The van der Waals surface area contributed by atoms with Crippen LogP contribution in [0.5, 0.6) is 5.75 Å². The zero-order chi connectivity index (χ0) is 21.8. The number of rotatable bonds is 7. The van der Waals surface area contributed by atoms with E-state index in [-0.39, 0.29) is 19.8 Å². The molecule has 3 rings (SSSR count). The van der Waals surface area contributed by atoms with Crippen LogP contribution in [0.15, 0.2) is 42.5 Å². The van der Waals surface area contributed by atoms with Gasteiger partial charge in [-0.15, -0.1) is 0 Å². The van der Waals surface area contributed by atoms with E-state index in [2.05, 4.69) is 37.7 Å². The highest BCUT2D eigenvalue weighted by molar-refractivity contribution is 5.94. The molecular weight excluding hydrogens is 381 g/mol. The van der Waals surface area contributed by atoms with Crippen molar-refractivity contribution in [2.75, 3.05) is 50.6 Å². The smallest absolute Gasteiger partial charge is 0.264 e. The van der Waals surface area contributed by atoms with Crippen molar-refractivity contribution in [2.45, 2.75) is 32.2 Å². The fraction of sp³-hybridized carbons (Fsp3) is 0.458. The minimum Gasteiger partial charge on any atom is -0.484 e. The Labute approximate surface area is 180 Å². The van der Waals surface area contributed by atoms with Gasteiger partial charge in [-0.2, -0.15) is 0 Å². The van der Waals surface area contributed by atoms with Gasteiger partial charge in [-0.1, -0.05) is 26.0 Å². The minimum absolute atomic E-state index is 0. The molecule has 0 radical (unpaired) electrons. The van der Waals surface area contributed by atoms with Crippen LogP contribution in [0.4, 0.5) is 15.8 Å². The summed E-state index contributed by atoms with van der Waals surface area (Å²) in [6.45, 7) is 5.79. The summed E-state index contributed by atoms with van der Waals surface area (Å²) in [6.07, 6.45) is 1.02. The molecule has 0 spiro atoms. The van der Waals surface area contributed by atoms with Gasteiger partial charge in [0.25, 0.3) is 5.91 Å². The molecule has 1 heterocycles. The highest BCUT2D eigenvalue weighted by Crippen LogP contribution is 2.28. The van der Waals surface area contributed by atoms with Crippen LogP contribution in [0.2, 0.25) is 0 Å². The quantitative estimate of drug-likeness (QED) is 0.673. The first-order valence-corrected chi connectivity index (χ1v) is 10.5. The van der Waals surface area contributed by atoms with Gasteiger partial charge in [0.1, 0.15) is 11.6 Å². The summed E-state index contributed by atoms with van der Waals surface area (Å²) in [5.41, 5.74) is 2.32. The third-order valence-electron chi connectivity index (χ3n) is 5.84. The van der Waals surface area contributed by atoms with E-state index in [0.717, 1.165) is 19.5 Å². The van der Waals surface area contributed by atoms with Crippen LogP contribution < -0.4 is 14.5 Å². The van der Waals surface area contributed by atoms with E-state index in [1.54, 1.807) is 19.2 Å². The summed E-state index contributed by atoms with van der Waals surface area (Å²) >= 11 is 0. The molecule has 5 nitrogen and oxygen atoms in total. The third kappa shape index (κ3) is 5.11. The number of hydrogen-bond acceptors (Lipinski definition) is 4. The first-order valence-electron chi connectivity index (χ1n) is 10.5. The van der Waals surface area contributed by atoms with Crippen molar-refractivity contribution in [2.24, 2.45) is 0 Å². The zero-order valence-corrected chi connectivity index (χ0v) is 18.6. The van der Waals surface area contributed by atoms with Crippen molar-refractivity contribution in [3.05, 3.63) is 53.8 Å². The molecular formula is C24H34FN3O2. The average molecular weight is 416 g/mol. The molecule has 0 saturated carbocycles. The van der Waals surface area contributed by atoms with Gasteiger partial charge in [0.05, 0.1) is 5.69 Å². The van der Waals surface area contributed by atoms with Gasteiger partial charge >= 0.3 is 0 Å². The maximum atomic E-state index is 14.8. The van der Waals surface area contributed by atoms with Crippen LogP contribution in [0.25, 0.3) is 0 Å². The number of benzene rings is 2. The number of anilines is 2. The standard InChI is InChI=1S/C24H32FN3O2.H2/c1-17(2)18-6-9-21(10-7-18)30-16-24(29)27(5)19-8-11-23(22(25)14-19)28-13-12-20(15-28)26(3)4;/h6-11,14,17,20H,12-13,15-16H2,1-5H3;1H. The van der Waals surface area contributed by atoms with Crippen molar-refractivity contribution in [3.8, 4) is 5.75 Å². The molecule has 1 unspecified atom stereocenters.